The molecule has 1 N–H and O–H groups in total. The Hall–Kier alpha value is -0.570. The lowest BCUT2D eigenvalue weighted by atomic mass is 9.93. The van der Waals surface area contributed by atoms with E-state index < -0.39 is 0 Å². The van der Waals surface area contributed by atoms with Crippen LogP contribution in [0.15, 0.2) is 0 Å². The molecule has 2 aliphatic rings. The fraction of sp³-hybridized carbons (Fsp3) is 0.929. The predicted molar refractivity (Wildman–Crippen MR) is 69.8 cm³/mol. The first-order chi connectivity index (χ1) is 8.18. The minimum Gasteiger partial charge on any atom is -0.339 e. The number of likely N-dealkylation sites (tertiary alicyclic amines) is 1. The molecule has 98 valence electrons. The first-order valence-electron chi connectivity index (χ1n) is 7.22. The molecule has 0 radical (unpaired) electrons. The van der Waals surface area contributed by atoms with Crippen molar-refractivity contribution in [1.29, 1.82) is 0 Å². The number of rotatable bonds is 1. The van der Waals surface area contributed by atoms with Crippen LogP contribution in [0.25, 0.3) is 0 Å². The fourth-order valence-corrected chi connectivity index (χ4v) is 3.10. The maximum absolute atomic E-state index is 12.5. The number of nitrogens with one attached hydrogen (secondary N) is 1. The van der Waals surface area contributed by atoms with E-state index in [0.717, 1.165) is 19.5 Å². The Labute approximate surface area is 105 Å². The van der Waals surface area contributed by atoms with Crippen molar-refractivity contribution in [2.24, 2.45) is 5.92 Å². The summed E-state index contributed by atoms with van der Waals surface area (Å²) in [7, 11) is 0. The lowest BCUT2D eigenvalue weighted by Crippen LogP contribution is -2.52. The molecular formula is C14H26N2O. The highest BCUT2D eigenvalue weighted by Crippen LogP contribution is 2.21. The second-order valence-electron chi connectivity index (χ2n) is 5.87. The van der Waals surface area contributed by atoms with Crippen LogP contribution in [0.4, 0.5) is 0 Å². The van der Waals surface area contributed by atoms with E-state index in [2.05, 4.69) is 24.1 Å². The van der Waals surface area contributed by atoms with Gasteiger partial charge in [-0.3, -0.25) is 4.79 Å². The molecule has 17 heavy (non-hydrogen) atoms. The third-order valence-electron chi connectivity index (χ3n) is 4.30. The van der Waals surface area contributed by atoms with E-state index in [1.807, 2.05) is 0 Å². The van der Waals surface area contributed by atoms with Gasteiger partial charge in [0.2, 0.25) is 5.91 Å². The zero-order chi connectivity index (χ0) is 12.3. The molecule has 0 spiro atoms. The summed E-state index contributed by atoms with van der Waals surface area (Å²) < 4.78 is 0. The largest absolute Gasteiger partial charge is 0.339 e. The number of carbonyl (C=O) groups is 1. The average molecular weight is 238 g/mol. The van der Waals surface area contributed by atoms with Crippen molar-refractivity contribution in [2.75, 3.05) is 13.1 Å². The van der Waals surface area contributed by atoms with E-state index in [9.17, 15) is 4.79 Å². The summed E-state index contributed by atoms with van der Waals surface area (Å²) in [5.74, 6) is 1.04. The fourth-order valence-electron chi connectivity index (χ4n) is 3.10. The summed E-state index contributed by atoms with van der Waals surface area (Å²) in [6.45, 7) is 6.43. The maximum atomic E-state index is 12.5. The van der Waals surface area contributed by atoms with Gasteiger partial charge in [-0.1, -0.05) is 19.8 Å². The second kappa shape index (κ2) is 5.85. The number of amides is 1. The summed E-state index contributed by atoms with van der Waals surface area (Å²) >= 11 is 0. The van der Waals surface area contributed by atoms with Crippen molar-refractivity contribution < 1.29 is 4.79 Å². The minimum absolute atomic E-state index is 0.0827. The van der Waals surface area contributed by atoms with Crippen LogP contribution in [-0.4, -0.2) is 36.0 Å². The highest BCUT2D eigenvalue weighted by atomic mass is 16.2. The molecule has 2 fully saturated rings. The van der Waals surface area contributed by atoms with E-state index in [1.165, 1.54) is 32.1 Å². The molecule has 2 saturated heterocycles. The van der Waals surface area contributed by atoms with Gasteiger partial charge >= 0.3 is 0 Å². The monoisotopic (exact) mass is 238 g/mol. The van der Waals surface area contributed by atoms with Gasteiger partial charge in [0.25, 0.3) is 0 Å². The van der Waals surface area contributed by atoms with Gasteiger partial charge in [0, 0.05) is 12.6 Å². The third kappa shape index (κ3) is 3.21. The normalized spacial score (nSPS) is 35.4. The quantitative estimate of drug-likeness (QED) is 0.759. The molecule has 1 amide bonds. The molecule has 0 aromatic rings. The molecule has 3 atom stereocenters. The summed E-state index contributed by atoms with van der Waals surface area (Å²) in [5, 5.41) is 3.40. The first kappa shape index (κ1) is 12.9. The van der Waals surface area contributed by atoms with Crippen molar-refractivity contribution in [1.82, 2.24) is 10.2 Å². The molecule has 0 bridgehead atoms. The summed E-state index contributed by atoms with van der Waals surface area (Å²) in [6, 6.07) is 0.517. The molecule has 0 aromatic heterocycles. The zero-order valence-corrected chi connectivity index (χ0v) is 11.2. The Kier molecular flexibility index (Phi) is 4.43. The van der Waals surface area contributed by atoms with Gasteiger partial charge in [-0.25, -0.2) is 0 Å². The molecule has 0 aliphatic carbocycles. The minimum atomic E-state index is 0.0827. The van der Waals surface area contributed by atoms with Crippen LogP contribution in [0.3, 0.4) is 0 Å². The molecule has 3 heteroatoms. The first-order valence-corrected chi connectivity index (χ1v) is 7.22. The molecule has 2 aliphatic heterocycles. The van der Waals surface area contributed by atoms with E-state index in [1.54, 1.807) is 0 Å². The van der Waals surface area contributed by atoms with Crippen molar-refractivity contribution in [2.45, 2.75) is 64.5 Å². The number of piperidine rings is 1. The van der Waals surface area contributed by atoms with E-state index in [-0.39, 0.29) is 6.04 Å². The van der Waals surface area contributed by atoms with Gasteiger partial charge in [0.1, 0.15) is 0 Å². The Morgan fingerprint density at radius 1 is 1.18 bits per heavy atom. The van der Waals surface area contributed by atoms with Crippen LogP contribution in [0.2, 0.25) is 0 Å². The predicted octanol–water partition coefficient (Wildman–Crippen LogP) is 2.17. The molecule has 0 aromatic carbocycles. The van der Waals surface area contributed by atoms with Gasteiger partial charge in [0.05, 0.1) is 6.04 Å². The Morgan fingerprint density at radius 3 is 2.76 bits per heavy atom. The maximum Gasteiger partial charge on any atom is 0.239 e. The Bertz CT molecular complexity index is 267. The molecule has 2 rings (SSSR count). The van der Waals surface area contributed by atoms with Crippen LogP contribution in [0.5, 0.6) is 0 Å². The topological polar surface area (TPSA) is 32.3 Å². The second-order valence-corrected chi connectivity index (χ2v) is 5.87. The lowest BCUT2D eigenvalue weighted by Gasteiger charge is -2.34. The van der Waals surface area contributed by atoms with Crippen molar-refractivity contribution in [3.05, 3.63) is 0 Å². The van der Waals surface area contributed by atoms with Crippen molar-refractivity contribution in [3.63, 3.8) is 0 Å². The highest BCUT2D eigenvalue weighted by molar-refractivity contribution is 5.82. The van der Waals surface area contributed by atoms with Crippen LogP contribution in [0, 0.1) is 5.92 Å². The molecule has 3 unspecified atom stereocenters. The van der Waals surface area contributed by atoms with E-state index in [4.69, 9.17) is 0 Å². The number of nitrogens with zero attached hydrogens (tertiary/aromatic N) is 1. The Morgan fingerprint density at radius 2 is 2.00 bits per heavy atom. The van der Waals surface area contributed by atoms with Crippen LogP contribution >= 0.6 is 0 Å². The van der Waals surface area contributed by atoms with E-state index >= 15 is 0 Å². The number of hydrogen-bond donors (Lipinski definition) is 1. The number of carbonyl (C=O) groups excluding carboxylic acids is 1. The van der Waals surface area contributed by atoms with Crippen LogP contribution < -0.4 is 5.32 Å². The lowest BCUT2D eigenvalue weighted by molar-refractivity contribution is -0.136. The molecule has 3 nitrogen and oxygen atoms in total. The Balaban J connectivity index is 1.97. The summed E-state index contributed by atoms with van der Waals surface area (Å²) in [5.41, 5.74) is 0. The summed E-state index contributed by atoms with van der Waals surface area (Å²) in [4.78, 5) is 14.7. The molecular weight excluding hydrogens is 212 g/mol. The molecule has 0 saturated carbocycles. The van der Waals surface area contributed by atoms with Crippen molar-refractivity contribution in [3.8, 4) is 0 Å². The van der Waals surface area contributed by atoms with Gasteiger partial charge < -0.3 is 10.2 Å². The van der Waals surface area contributed by atoms with Gasteiger partial charge in [-0.05, 0) is 45.1 Å². The third-order valence-corrected chi connectivity index (χ3v) is 4.30. The van der Waals surface area contributed by atoms with Gasteiger partial charge in [-0.2, -0.15) is 0 Å². The SMILES string of the molecule is CC1CCNC(C(=O)N2CCCCCC2C)C1. The average Bonchev–Trinajstić information content (AvgIpc) is 2.53. The van der Waals surface area contributed by atoms with E-state index in [0.29, 0.717) is 17.9 Å². The zero-order valence-electron chi connectivity index (χ0n) is 11.2. The van der Waals surface area contributed by atoms with Crippen molar-refractivity contribution >= 4 is 5.91 Å². The number of hydrogen-bond acceptors (Lipinski definition) is 2. The molecule has 2 heterocycles. The van der Waals surface area contributed by atoms with Crippen LogP contribution in [0.1, 0.15) is 52.4 Å². The van der Waals surface area contributed by atoms with Crippen LogP contribution in [-0.2, 0) is 4.79 Å². The standard InChI is InChI=1S/C14H26N2O/c1-11-7-8-15-13(10-11)14(17)16-9-5-3-4-6-12(16)2/h11-13,15H,3-10H2,1-2H3. The summed E-state index contributed by atoms with van der Waals surface area (Å²) in [6.07, 6.45) is 7.13. The van der Waals surface area contributed by atoms with Gasteiger partial charge in [0.15, 0.2) is 0 Å². The smallest absolute Gasteiger partial charge is 0.239 e. The van der Waals surface area contributed by atoms with Gasteiger partial charge in [-0.15, -0.1) is 0 Å². The highest BCUT2D eigenvalue weighted by Gasteiger charge is 2.30.